The van der Waals surface area contributed by atoms with E-state index in [9.17, 15) is 18.0 Å². The molecule has 138 valence electrons. The quantitative estimate of drug-likeness (QED) is 0.830. The zero-order valence-electron chi connectivity index (χ0n) is 13.9. The lowest BCUT2D eigenvalue weighted by Crippen LogP contribution is -2.44. The largest absolute Gasteiger partial charge is 0.490 e. The highest BCUT2D eigenvalue weighted by Crippen LogP contribution is 2.28. The Morgan fingerprint density at radius 1 is 1.24 bits per heavy atom. The number of halogens is 3. The Morgan fingerprint density at radius 3 is 2.72 bits per heavy atom. The summed E-state index contributed by atoms with van der Waals surface area (Å²) in [5, 5.41) is 0. The molecule has 0 spiro atoms. The van der Waals surface area contributed by atoms with Gasteiger partial charge in [-0.05, 0) is 37.0 Å². The third-order valence-corrected chi connectivity index (χ3v) is 4.72. The van der Waals surface area contributed by atoms with E-state index in [0.29, 0.717) is 32.5 Å². The molecular weight excluding hydrogens is 335 g/mol. The topological polar surface area (TPSA) is 38.8 Å². The molecule has 4 nitrogen and oxygen atoms in total. The molecule has 0 aliphatic carbocycles. The second-order valence-corrected chi connectivity index (χ2v) is 6.57. The normalized spacial score (nSPS) is 22.2. The minimum absolute atomic E-state index is 0.110. The lowest BCUT2D eigenvalue weighted by atomic mass is 10.0. The molecule has 2 heterocycles. The highest BCUT2D eigenvalue weighted by molar-refractivity contribution is 5.82. The lowest BCUT2D eigenvalue weighted by molar-refractivity contribution is -0.186. The summed E-state index contributed by atoms with van der Waals surface area (Å²) in [4.78, 5) is 12.5. The smallest absolute Gasteiger partial charge is 0.471 e. The number of carbonyl (C=O) groups excluding carboxylic acids is 1. The number of alkyl halides is 3. The van der Waals surface area contributed by atoms with Crippen LogP contribution in [-0.4, -0.2) is 48.9 Å². The highest BCUT2D eigenvalue weighted by atomic mass is 19.4. The van der Waals surface area contributed by atoms with Crippen molar-refractivity contribution in [3.05, 3.63) is 29.8 Å². The molecule has 25 heavy (non-hydrogen) atoms. The van der Waals surface area contributed by atoms with Crippen LogP contribution < -0.4 is 4.74 Å². The average Bonchev–Trinajstić information content (AvgIpc) is 3.02. The van der Waals surface area contributed by atoms with Crippen LogP contribution in [0, 0.1) is 0 Å². The van der Waals surface area contributed by atoms with Gasteiger partial charge >= 0.3 is 12.1 Å². The molecule has 2 aliphatic heterocycles. The van der Waals surface area contributed by atoms with Gasteiger partial charge in [0, 0.05) is 25.4 Å². The first-order chi connectivity index (χ1) is 11.9. The number of hydrogen-bond donors (Lipinski definition) is 0. The fourth-order valence-corrected chi connectivity index (χ4v) is 3.48. The molecule has 0 aromatic heterocycles. The maximum absolute atomic E-state index is 12.7. The molecule has 1 aromatic carbocycles. The van der Waals surface area contributed by atoms with Gasteiger partial charge in [0.05, 0.1) is 13.2 Å². The molecule has 0 saturated carbocycles. The van der Waals surface area contributed by atoms with E-state index in [1.165, 1.54) is 0 Å². The van der Waals surface area contributed by atoms with Crippen LogP contribution in [0.15, 0.2) is 24.3 Å². The Kier molecular flexibility index (Phi) is 5.51. The van der Waals surface area contributed by atoms with Crippen molar-refractivity contribution in [3.63, 3.8) is 0 Å². The molecular formula is C18H22F3NO3. The number of benzene rings is 1. The van der Waals surface area contributed by atoms with Gasteiger partial charge in [0.1, 0.15) is 11.9 Å². The van der Waals surface area contributed by atoms with E-state index in [4.69, 9.17) is 9.47 Å². The van der Waals surface area contributed by atoms with Crippen molar-refractivity contribution < 1.29 is 27.4 Å². The monoisotopic (exact) mass is 357 g/mol. The third-order valence-electron chi connectivity index (χ3n) is 4.72. The molecule has 1 amide bonds. The van der Waals surface area contributed by atoms with Gasteiger partial charge in [0.2, 0.25) is 0 Å². The van der Waals surface area contributed by atoms with E-state index in [1.807, 2.05) is 24.3 Å². The molecule has 1 atom stereocenters. The summed E-state index contributed by atoms with van der Waals surface area (Å²) in [5.41, 5.74) is 0.886. The van der Waals surface area contributed by atoms with E-state index in [0.717, 1.165) is 29.1 Å². The van der Waals surface area contributed by atoms with Crippen LogP contribution in [0.4, 0.5) is 13.2 Å². The fraction of sp³-hybridized carbons (Fsp3) is 0.611. The second-order valence-electron chi connectivity index (χ2n) is 6.57. The van der Waals surface area contributed by atoms with Crippen LogP contribution in [0.25, 0.3) is 0 Å². The van der Waals surface area contributed by atoms with Crippen molar-refractivity contribution in [1.82, 2.24) is 4.90 Å². The van der Waals surface area contributed by atoms with Crippen molar-refractivity contribution in [1.29, 1.82) is 0 Å². The summed E-state index contributed by atoms with van der Waals surface area (Å²) in [6.07, 6.45) is -1.43. The van der Waals surface area contributed by atoms with E-state index < -0.39 is 18.1 Å². The standard InChI is InChI=1S/C18H22F3NO3/c19-18(20,21)17(23)22-8-2-4-14(22)11-13-3-1-5-16(12-13)25-15-6-9-24-10-7-15/h1,3,5,12,14-15H,2,4,6-11H2. The second kappa shape index (κ2) is 7.64. The first kappa shape index (κ1) is 18.0. The predicted molar refractivity (Wildman–Crippen MR) is 85.4 cm³/mol. The van der Waals surface area contributed by atoms with Gasteiger partial charge in [-0.1, -0.05) is 12.1 Å². The molecule has 2 saturated heterocycles. The molecule has 0 radical (unpaired) electrons. The van der Waals surface area contributed by atoms with Crippen LogP contribution >= 0.6 is 0 Å². The van der Waals surface area contributed by atoms with Crippen molar-refractivity contribution >= 4 is 5.91 Å². The molecule has 0 bridgehead atoms. The molecule has 3 rings (SSSR count). The maximum Gasteiger partial charge on any atom is 0.471 e. The Bertz CT molecular complexity index is 599. The summed E-state index contributed by atoms with van der Waals surface area (Å²) < 4.78 is 49.4. The van der Waals surface area contributed by atoms with Gasteiger partial charge in [-0.2, -0.15) is 13.2 Å². The summed E-state index contributed by atoms with van der Waals surface area (Å²) >= 11 is 0. The minimum atomic E-state index is -4.81. The van der Waals surface area contributed by atoms with Crippen LogP contribution in [0.1, 0.15) is 31.2 Å². The van der Waals surface area contributed by atoms with Crippen molar-refractivity contribution in [3.8, 4) is 5.75 Å². The maximum atomic E-state index is 12.7. The SMILES string of the molecule is O=C(N1CCCC1Cc1cccc(OC2CCOCC2)c1)C(F)(F)F. The average molecular weight is 357 g/mol. The van der Waals surface area contributed by atoms with E-state index >= 15 is 0 Å². The number of amides is 1. The number of ether oxygens (including phenoxy) is 2. The van der Waals surface area contributed by atoms with E-state index in [1.54, 1.807) is 0 Å². The molecule has 7 heteroatoms. The zero-order valence-corrected chi connectivity index (χ0v) is 13.9. The lowest BCUT2D eigenvalue weighted by Gasteiger charge is -2.26. The van der Waals surface area contributed by atoms with Gasteiger partial charge in [0.15, 0.2) is 0 Å². The van der Waals surface area contributed by atoms with Crippen molar-refractivity contribution in [2.24, 2.45) is 0 Å². The highest BCUT2D eigenvalue weighted by Gasteiger charge is 2.45. The Hall–Kier alpha value is -1.76. The van der Waals surface area contributed by atoms with Gasteiger partial charge in [-0.25, -0.2) is 0 Å². The molecule has 0 N–H and O–H groups in total. The molecule has 1 unspecified atom stereocenters. The van der Waals surface area contributed by atoms with E-state index in [-0.39, 0.29) is 12.6 Å². The molecule has 1 aromatic rings. The van der Waals surface area contributed by atoms with Crippen LogP contribution in [0.5, 0.6) is 5.75 Å². The van der Waals surface area contributed by atoms with Gasteiger partial charge in [-0.15, -0.1) is 0 Å². The van der Waals surface area contributed by atoms with Crippen LogP contribution in [0.2, 0.25) is 0 Å². The van der Waals surface area contributed by atoms with Gasteiger partial charge in [-0.3, -0.25) is 4.79 Å². The Balaban J connectivity index is 1.64. The third kappa shape index (κ3) is 4.66. The summed E-state index contributed by atoms with van der Waals surface area (Å²) in [5.74, 6) is -1.01. The molecule has 2 aliphatic rings. The number of rotatable bonds is 4. The Labute approximate surface area is 144 Å². The fourth-order valence-electron chi connectivity index (χ4n) is 3.48. The van der Waals surface area contributed by atoms with Gasteiger partial charge in [0.25, 0.3) is 0 Å². The zero-order chi connectivity index (χ0) is 17.9. The first-order valence-electron chi connectivity index (χ1n) is 8.64. The summed E-state index contributed by atoms with van der Waals surface area (Å²) in [6, 6.07) is 7.02. The summed E-state index contributed by atoms with van der Waals surface area (Å²) in [7, 11) is 0. The number of hydrogen-bond acceptors (Lipinski definition) is 3. The number of nitrogens with zero attached hydrogens (tertiary/aromatic N) is 1. The number of likely N-dealkylation sites (tertiary alicyclic amines) is 1. The van der Waals surface area contributed by atoms with Crippen molar-refractivity contribution in [2.75, 3.05) is 19.8 Å². The summed E-state index contributed by atoms with van der Waals surface area (Å²) in [6.45, 7) is 1.53. The first-order valence-corrected chi connectivity index (χ1v) is 8.64. The van der Waals surface area contributed by atoms with Crippen LogP contribution in [0.3, 0.4) is 0 Å². The predicted octanol–water partition coefficient (Wildman–Crippen LogP) is 3.34. The van der Waals surface area contributed by atoms with Crippen molar-refractivity contribution in [2.45, 2.75) is 50.4 Å². The van der Waals surface area contributed by atoms with Gasteiger partial charge < -0.3 is 14.4 Å². The minimum Gasteiger partial charge on any atom is -0.490 e. The number of carbonyl (C=O) groups is 1. The Morgan fingerprint density at radius 2 is 2.00 bits per heavy atom. The van der Waals surface area contributed by atoms with E-state index in [2.05, 4.69) is 0 Å². The molecule has 2 fully saturated rings. The van der Waals surface area contributed by atoms with Crippen LogP contribution in [-0.2, 0) is 16.0 Å².